The lowest BCUT2D eigenvalue weighted by Crippen LogP contribution is -2.16. The predicted molar refractivity (Wildman–Crippen MR) is 96.5 cm³/mol. The number of rotatable bonds is 4. The molecule has 3 aromatic rings. The van der Waals surface area contributed by atoms with E-state index in [1.54, 1.807) is 10.9 Å². The molecule has 0 atom stereocenters. The van der Waals surface area contributed by atoms with E-state index >= 15 is 0 Å². The first-order chi connectivity index (χ1) is 11.3. The highest BCUT2D eigenvalue weighted by Gasteiger charge is 2.19. The first-order valence-electron chi connectivity index (χ1n) is 7.74. The van der Waals surface area contributed by atoms with Crippen LogP contribution >= 0.6 is 11.8 Å². The average molecular weight is 343 g/mol. The zero-order valence-corrected chi connectivity index (χ0v) is 15.1. The van der Waals surface area contributed by atoms with Gasteiger partial charge in [-0.1, -0.05) is 38.6 Å². The summed E-state index contributed by atoms with van der Waals surface area (Å²) in [5.74, 6) is 0.930. The Hall–Kier alpha value is -2.28. The first kappa shape index (κ1) is 16.6. The number of anilines is 1. The Balaban J connectivity index is 1.65. The highest BCUT2D eigenvalue weighted by atomic mass is 32.2. The van der Waals surface area contributed by atoms with E-state index < -0.39 is 0 Å². The van der Waals surface area contributed by atoms with E-state index in [9.17, 15) is 4.79 Å². The van der Waals surface area contributed by atoms with Crippen molar-refractivity contribution in [3.8, 4) is 0 Å². The molecule has 0 aliphatic rings. The molecule has 3 rings (SSSR count). The topological polar surface area (TPSA) is 64.2 Å². The molecule has 0 unspecified atom stereocenters. The monoisotopic (exact) mass is 343 g/mol. The number of nitrogens with zero attached hydrogens (tertiary/aromatic N) is 4. The summed E-state index contributed by atoms with van der Waals surface area (Å²) in [6.45, 7) is 6.29. The van der Waals surface area contributed by atoms with Crippen LogP contribution in [0.1, 0.15) is 26.5 Å². The van der Waals surface area contributed by atoms with Gasteiger partial charge in [-0.3, -0.25) is 13.9 Å². The number of thioether (sulfide) groups is 1. The average Bonchev–Trinajstić information content (AvgIpc) is 3.09. The molecule has 3 heterocycles. The molecule has 24 heavy (non-hydrogen) atoms. The molecule has 3 aromatic heterocycles. The molecule has 126 valence electrons. The third-order valence-corrected chi connectivity index (χ3v) is 4.62. The number of amides is 1. The maximum Gasteiger partial charge on any atom is 0.235 e. The van der Waals surface area contributed by atoms with Gasteiger partial charge in [-0.05, 0) is 12.1 Å². The van der Waals surface area contributed by atoms with E-state index in [-0.39, 0.29) is 11.3 Å². The molecule has 0 saturated heterocycles. The predicted octanol–water partition coefficient (Wildman–Crippen LogP) is 3.10. The Morgan fingerprint density at radius 3 is 2.83 bits per heavy atom. The number of imidazole rings is 1. The molecule has 0 bridgehead atoms. The van der Waals surface area contributed by atoms with E-state index in [0.29, 0.717) is 11.6 Å². The van der Waals surface area contributed by atoms with Crippen LogP contribution in [0.15, 0.2) is 41.8 Å². The van der Waals surface area contributed by atoms with Crippen LogP contribution in [-0.4, -0.2) is 30.8 Å². The van der Waals surface area contributed by atoms with E-state index in [1.165, 1.54) is 11.8 Å². The van der Waals surface area contributed by atoms with Crippen LogP contribution in [0.4, 0.5) is 5.82 Å². The summed E-state index contributed by atoms with van der Waals surface area (Å²) >= 11 is 1.41. The number of fused-ring (bicyclic) bond motifs is 1. The zero-order chi connectivity index (χ0) is 17.3. The fourth-order valence-corrected chi connectivity index (χ4v) is 3.05. The van der Waals surface area contributed by atoms with Crippen LogP contribution in [-0.2, 0) is 17.3 Å². The minimum atomic E-state index is -0.0730. The molecular formula is C17H21N5OS. The van der Waals surface area contributed by atoms with Crippen molar-refractivity contribution in [3.05, 3.63) is 42.4 Å². The molecule has 0 saturated carbocycles. The first-order valence-corrected chi connectivity index (χ1v) is 8.72. The van der Waals surface area contributed by atoms with Crippen LogP contribution in [0.3, 0.4) is 0 Å². The number of carbonyl (C=O) groups is 1. The number of pyridine rings is 1. The lowest BCUT2D eigenvalue weighted by Gasteiger charge is -2.13. The van der Waals surface area contributed by atoms with E-state index in [4.69, 9.17) is 0 Å². The number of nitrogens with one attached hydrogen (secondary N) is 1. The van der Waals surface area contributed by atoms with Gasteiger partial charge >= 0.3 is 0 Å². The van der Waals surface area contributed by atoms with Gasteiger partial charge in [0.15, 0.2) is 5.16 Å². The molecule has 1 amide bonds. The van der Waals surface area contributed by atoms with Gasteiger partial charge in [-0.25, -0.2) is 4.98 Å². The normalized spacial score (nSPS) is 11.8. The smallest absolute Gasteiger partial charge is 0.235 e. The highest BCUT2D eigenvalue weighted by molar-refractivity contribution is 7.99. The van der Waals surface area contributed by atoms with E-state index in [1.807, 2.05) is 41.9 Å². The van der Waals surface area contributed by atoms with Crippen molar-refractivity contribution in [2.24, 2.45) is 7.05 Å². The molecule has 6 nitrogen and oxygen atoms in total. The Bertz CT molecular complexity index is 875. The van der Waals surface area contributed by atoms with Crippen molar-refractivity contribution < 1.29 is 4.79 Å². The quantitative estimate of drug-likeness (QED) is 0.739. The summed E-state index contributed by atoms with van der Waals surface area (Å²) < 4.78 is 3.67. The SMILES string of the molecule is Cn1nc(C(C)(C)C)cc1NC(=O)CSc1ncc2ccccn12. The second-order valence-corrected chi connectivity index (χ2v) is 7.60. The number of hydrogen-bond acceptors (Lipinski definition) is 4. The minimum absolute atomic E-state index is 0.0513. The van der Waals surface area contributed by atoms with Crippen LogP contribution in [0.5, 0.6) is 0 Å². The number of hydrogen-bond donors (Lipinski definition) is 1. The molecule has 0 spiro atoms. The summed E-state index contributed by atoms with van der Waals surface area (Å²) in [6, 6.07) is 7.82. The largest absolute Gasteiger partial charge is 0.310 e. The maximum atomic E-state index is 12.2. The third kappa shape index (κ3) is 3.46. The summed E-state index contributed by atoms with van der Waals surface area (Å²) in [7, 11) is 1.83. The Labute approximate surface area is 145 Å². The van der Waals surface area contributed by atoms with Crippen molar-refractivity contribution in [3.63, 3.8) is 0 Å². The summed E-state index contributed by atoms with van der Waals surface area (Å²) in [5, 5.41) is 8.19. The standard InChI is InChI=1S/C17H21N5OS/c1-17(2,3)13-9-14(21(4)20-13)19-15(23)11-24-16-18-10-12-7-5-6-8-22(12)16/h5-10H,11H2,1-4H3,(H,19,23). The second-order valence-electron chi connectivity index (χ2n) is 6.66. The van der Waals surface area contributed by atoms with Gasteiger partial charge in [-0.2, -0.15) is 5.10 Å². The van der Waals surface area contributed by atoms with Gasteiger partial charge in [0.05, 0.1) is 23.2 Å². The molecule has 0 fully saturated rings. The second kappa shape index (κ2) is 6.32. The molecule has 7 heteroatoms. The molecule has 0 aliphatic heterocycles. The lowest BCUT2D eigenvalue weighted by molar-refractivity contribution is -0.113. The van der Waals surface area contributed by atoms with Crippen molar-refractivity contribution >= 4 is 29.0 Å². The van der Waals surface area contributed by atoms with Gasteiger partial charge in [0.1, 0.15) is 5.82 Å². The van der Waals surface area contributed by atoms with Crippen molar-refractivity contribution in [2.45, 2.75) is 31.3 Å². The van der Waals surface area contributed by atoms with Gasteiger partial charge in [-0.15, -0.1) is 0 Å². The fourth-order valence-electron chi connectivity index (χ4n) is 2.29. The molecule has 1 N–H and O–H groups in total. The van der Waals surface area contributed by atoms with Gasteiger partial charge in [0.2, 0.25) is 5.91 Å². The van der Waals surface area contributed by atoms with Gasteiger partial charge < -0.3 is 5.32 Å². The van der Waals surface area contributed by atoms with E-state index in [0.717, 1.165) is 16.4 Å². The highest BCUT2D eigenvalue weighted by Crippen LogP contribution is 2.24. The molecule has 0 radical (unpaired) electrons. The van der Waals surface area contributed by atoms with Crippen molar-refractivity contribution in [1.82, 2.24) is 19.2 Å². The third-order valence-electron chi connectivity index (χ3n) is 3.65. The number of aryl methyl sites for hydroxylation is 1. The number of aromatic nitrogens is 4. The summed E-state index contributed by atoms with van der Waals surface area (Å²) in [5.41, 5.74) is 1.92. The van der Waals surface area contributed by atoms with Crippen molar-refractivity contribution in [1.29, 1.82) is 0 Å². The summed E-state index contributed by atoms with van der Waals surface area (Å²) in [6.07, 6.45) is 3.75. The zero-order valence-electron chi connectivity index (χ0n) is 14.3. The molecule has 0 aromatic carbocycles. The lowest BCUT2D eigenvalue weighted by atomic mass is 9.92. The Morgan fingerprint density at radius 2 is 2.12 bits per heavy atom. The minimum Gasteiger partial charge on any atom is -0.310 e. The van der Waals surface area contributed by atoms with Gasteiger partial charge in [0, 0.05) is 24.7 Å². The van der Waals surface area contributed by atoms with Crippen LogP contribution < -0.4 is 5.32 Å². The van der Waals surface area contributed by atoms with Crippen molar-refractivity contribution in [2.75, 3.05) is 11.1 Å². The number of carbonyl (C=O) groups excluding carboxylic acids is 1. The fraction of sp³-hybridized carbons (Fsp3) is 0.353. The van der Waals surface area contributed by atoms with Gasteiger partial charge in [0.25, 0.3) is 0 Å². The van der Waals surface area contributed by atoms with Crippen LogP contribution in [0.25, 0.3) is 5.52 Å². The summed E-state index contributed by atoms with van der Waals surface area (Å²) in [4.78, 5) is 16.6. The Morgan fingerprint density at radius 1 is 1.33 bits per heavy atom. The van der Waals surface area contributed by atoms with Crippen LogP contribution in [0, 0.1) is 0 Å². The maximum absolute atomic E-state index is 12.2. The molecule has 0 aliphatic carbocycles. The van der Waals surface area contributed by atoms with Crippen LogP contribution in [0.2, 0.25) is 0 Å². The van der Waals surface area contributed by atoms with E-state index in [2.05, 4.69) is 36.2 Å². The Kier molecular flexibility index (Phi) is 4.36. The molecular weight excluding hydrogens is 322 g/mol.